The minimum absolute atomic E-state index is 0. The summed E-state index contributed by atoms with van der Waals surface area (Å²) in [6.45, 7) is 8.01. The van der Waals surface area contributed by atoms with Crippen molar-refractivity contribution in [2.24, 2.45) is 4.99 Å². The van der Waals surface area contributed by atoms with Crippen molar-refractivity contribution in [3.8, 4) is 0 Å². The molecule has 154 valence electrons. The molecule has 8 heteroatoms. The molecule has 2 rings (SSSR count). The Morgan fingerprint density at radius 3 is 2.73 bits per heavy atom. The largest absolute Gasteiger partial charge is 0.379 e. The molecule has 0 spiro atoms. The number of nitrogens with zero attached hydrogens (tertiary/aromatic N) is 2. The molecule has 6 nitrogen and oxygen atoms in total. The molecule has 1 heterocycles. The van der Waals surface area contributed by atoms with Crippen LogP contribution in [0.2, 0.25) is 0 Å². The monoisotopic (exact) mass is 500 g/mol. The molecule has 2 fully saturated rings. The maximum Gasteiger partial charge on any atom is 0.191 e. The molecule has 26 heavy (non-hydrogen) atoms. The van der Waals surface area contributed by atoms with E-state index in [2.05, 4.69) is 20.5 Å². The summed E-state index contributed by atoms with van der Waals surface area (Å²) in [5.74, 6) is 1.66. The van der Waals surface area contributed by atoms with Crippen molar-refractivity contribution in [2.75, 3.05) is 52.2 Å². The van der Waals surface area contributed by atoms with E-state index in [0.717, 1.165) is 83.2 Å². The molecular weight excluding hydrogens is 463 g/mol. The molecule has 0 amide bonds. The second-order valence-corrected chi connectivity index (χ2v) is 8.96. The lowest BCUT2D eigenvalue weighted by molar-refractivity contribution is 0.0372. The molecule has 0 aromatic rings. The van der Waals surface area contributed by atoms with Crippen molar-refractivity contribution in [3.05, 3.63) is 0 Å². The minimum atomic E-state index is -0.675. The SMILES string of the molecule is CCS(=O)C1CCCC(NC(=NC)NCCCCN2CCOCC2)C1.I. The minimum Gasteiger partial charge on any atom is -0.379 e. The molecule has 3 unspecified atom stereocenters. The van der Waals surface area contributed by atoms with Crippen LogP contribution in [0.4, 0.5) is 0 Å². The molecule has 3 atom stereocenters. The van der Waals surface area contributed by atoms with Crippen molar-refractivity contribution in [1.82, 2.24) is 15.5 Å². The third-order valence-electron chi connectivity index (χ3n) is 5.14. The molecule has 1 aliphatic carbocycles. The third kappa shape index (κ3) is 8.84. The number of rotatable bonds is 8. The Bertz CT molecular complexity index is 433. The summed E-state index contributed by atoms with van der Waals surface area (Å²) >= 11 is 0. The van der Waals surface area contributed by atoms with Gasteiger partial charge in [0.05, 0.1) is 13.2 Å². The molecular formula is C18H37IN4O2S. The van der Waals surface area contributed by atoms with Crippen molar-refractivity contribution in [1.29, 1.82) is 0 Å². The summed E-state index contributed by atoms with van der Waals surface area (Å²) in [5.41, 5.74) is 0. The van der Waals surface area contributed by atoms with Crippen molar-refractivity contribution in [2.45, 2.75) is 56.7 Å². The Morgan fingerprint density at radius 1 is 1.27 bits per heavy atom. The van der Waals surface area contributed by atoms with E-state index in [-0.39, 0.29) is 24.0 Å². The summed E-state index contributed by atoms with van der Waals surface area (Å²) in [4.78, 5) is 6.83. The van der Waals surface area contributed by atoms with Crippen LogP contribution < -0.4 is 10.6 Å². The lowest BCUT2D eigenvalue weighted by Crippen LogP contribution is -2.46. The molecule has 0 bridgehead atoms. The van der Waals surface area contributed by atoms with Gasteiger partial charge in [-0.15, -0.1) is 24.0 Å². The van der Waals surface area contributed by atoms with E-state index >= 15 is 0 Å². The molecule has 0 radical (unpaired) electrons. The van der Waals surface area contributed by atoms with Crippen LogP contribution >= 0.6 is 24.0 Å². The van der Waals surface area contributed by atoms with Gasteiger partial charge in [-0.25, -0.2) is 0 Å². The van der Waals surface area contributed by atoms with Gasteiger partial charge in [-0.1, -0.05) is 13.3 Å². The zero-order valence-corrected chi connectivity index (χ0v) is 19.5. The maximum absolute atomic E-state index is 12.1. The summed E-state index contributed by atoms with van der Waals surface area (Å²) in [7, 11) is 1.15. The quantitative estimate of drug-likeness (QED) is 0.231. The van der Waals surface area contributed by atoms with E-state index in [9.17, 15) is 4.21 Å². The van der Waals surface area contributed by atoms with Crippen LogP contribution in [0.5, 0.6) is 0 Å². The van der Waals surface area contributed by atoms with Gasteiger partial charge in [0.25, 0.3) is 0 Å². The van der Waals surface area contributed by atoms with Gasteiger partial charge in [-0.2, -0.15) is 0 Å². The van der Waals surface area contributed by atoms with Gasteiger partial charge in [0.1, 0.15) is 0 Å². The Labute approximate surface area is 178 Å². The van der Waals surface area contributed by atoms with E-state index in [4.69, 9.17) is 4.74 Å². The highest BCUT2D eigenvalue weighted by atomic mass is 127. The van der Waals surface area contributed by atoms with Gasteiger partial charge < -0.3 is 15.4 Å². The summed E-state index contributed by atoms with van der Waals surface area (Å²) < 4.78 is 17.4. The average molecular weight is 500 g/mol. The van der Waals surface area contributed by atoms with E-state index in [1.165, 1.54) is 6.42 Å². The Kier molecular flexibility index (Phi) is 13.1. The predicted octanol–water partition coefficient (Wildman–Crippen LogP) is 1.96. The zero-order chi connectivity index (χ0) is 17.9. The van der Waals surface area contributed by atoms with Crippen molar-refractivity contribution >= 4 is 40.7 Å². The van der Waals surface area contributed by atoms with Crippen molar-refractivity contribution < 1.29 is 8.95 Å². The number of guanidine groups is 1. The molecule has 0 aromatic heterocycles. The molecule has 2 aliphatic rings. The first-order chi connectivity index (χ1) is 12.2. The van der Waals surface area contributed by atoms with E-state index in [1.807, 2.05) is 14.0 Å². The highest BCUT2D eigenvalue weighted by molar-refractivity contribution is 14.0. The normalized spacial score (nSPS) is 26.0. The first kappa shape index (κ1) is 24.1. The highest BCUT2D eigenvalue weighted by Crippen LogP contribution is 2.22. The smallest absolute Gasteiger partial charge is 0.191 e. The van der Waals surface area contributed by atoms with E-state index in [1.54, 1.807) is 0 Å². The molecule has 1 saturated heterocycles. The second-order valence-electron chi connectivity index (χ2n) is 6.96. The van der Waals surface area contributed by atoms with Crippen LogP contribution in [0, 0.1) is 0 Å². The number of ether oxygens (including phenoxy) is 1. The lowest BCUT2D eigenvalue weighted by Gasteiger charge is -2.30. The number of hydrogen-bond acceptors (Lipinski definition) is 4. The van der Waals surface area contributed by atoms with Gasteiger partial charge >= 0.3 is 0 Å². The number of halogens is 1. The number of unbranched alkanes of at least 4 members (excludes halogenated alkanes) is 1. The molecule has 0 aromatic carbocycles. The number of morpholine rings is 1. The number of aliphatic imine (C=N–C) groups is 1. The third-order valence-corrected chi connectivity index (χ3v) is 6.88. The Hall–Kier alpha value is 0.0700. The number of nitrogens with one attached hydrogen (secondary N) is 2. The van der Waals surface area contributed by atoms with Crippen LogP contribution in [-0.4, -0.2) is 78.6 Å². The van der Waals surface area contributed by atoms with Gasteiger partial charge in [-0.05, 0) is 38.6 Å². The van der Waals surface area contributed by atoms with Crippen LogP contribution in [0.25, 0.3) is 0 Å². The van der Waals surface area contributed by atoms with Gasteiger partial charge in [0.15, 0.2) is 5.96 Å². The first-order valence-electron chi connectivity index (χ1n) is 9.87. The van der Waals surface area contributed by atoms with Gasteiger partial charge in [-0.3, -0.25) is 14.1 Å². The van der Waals surface area contributed by atoms with Gasteiger partial charge in [0.2, 0.25) is 0 Å². The fourth-order valence-corrected chi connectivity index (χ4v) is 4.98. The van der Waals surface area contributed by atoms with E-state index in [0.29, 0.717) is 11.3 Å². The van der Waals surface area contributed by atoms with Crippen LogP contribution in [0.15, 0.2) is 4.99 Å². The number of hydrogen-bond donors (Lipinski definition) is 2. The summed E-state index contributed by atoms with van der Waals surface area (Å²) in [6.07, 6.45) is 6.75. The lowest BCUT2D eigenvalue weighted by atomic mass is 9.95. The topological polar surface area (TPSA) is 66.0 Å². The standard InChI is InChI=1S/C18H36N4O2S.HI/c1-3-25(23)17-8-6-7-16(15-17)21-18(19-2)20-9-4-5-10-22-11-13-24-14-12-22;/h16-17H,3-15H2,1-2H3,(H2,19,20,21);1H. The summed E-state index contributed by atoms with van der Waals surface area (Å²) in [6, 6.07) is 0.397. The molecule has 1 saturated carbocycles. The van der Waals surface area contributed by atoms with E-state index < -0.39 is 10.8 Å². The van der Waals surface area contributed by atoms with Crippen LogP contribution in [-0.2, 0) is 15.5 Å². The van der Waals surface area contributed by atoms with Crippen molar-refractivity contribution in [3.63, 3.8) is 0 Å². The average Bonchev–Trinajstić information content (AvgIpc) is 2.67. The van der Waals surface area contributed by atoms with Crippen LogP contribution in [0.3, 0.4) is 0 Å². The first-order valence-corrected chi connectivity index (χ1v) is 11.3. The summed E-state index contributed by atoms with van der Waals surface area (Å²) in [5, 5.41) is 7.31. The fraction of sp³-hybridized carbons (Fsp3) is 0.944. The zero-order valence-electron chi connectivity index (χ0n) is 16.4. The molecule has 1 aliphatic heterocycles. The van der Waals surface area contributed by atoms with Crippen LogP contribution in [0.1, 0.15) is 45.4 Å². The second kappa shape index (κ2) is 14.1. The Morgan fingerprint density at radius 2 is 2.04 bits per heavy atom. The predicted molar refractivity (Wildman–Crippen MR) is 121 cm³/mol. The maximum atomic E-state index is 12.1. The fourth-order valence-electron chi connectivity index (χ4n) is 3.63. The highest BCUT2D eigenvalue weighted by Gasteiger charge is 2.25. The Balaban J connectivity index is 0.00000338. The molecule has 2 N–H and O–H groups in total. The van der Waals surface area contributed by atoms with Gasteiger partial charge in [0, 0.05) is 54.5 Å².